The van der Waals surface area contributed by atoms with Crippen LogP contribution in [-0.4, -0.2) is 22.4 Å². The number of hydrogen-bond acceptors (Lipinski definition) is 3. The molecule has 1 aliphatic heterocycles. The third kappa shape index (κ3) is 3.47. The Balaban J connectivity index is 1.57. The van der Waals surface area contributed by atoms with Crippen molar-refractivity contribution in [3.8, 4) is 23.2 Å². The van der Waals surface area contributed by atoms with Crippen molar-refractivity contribution in [2.45, 2.75) is 40.0 Å². The molecular weight excluding hydrogens is 334 g/mol. The van der Waals surface area contributed by atoms with Crippen LogP contribution in [0.5, 0.6) is 0 Å². The minimum atomic E-state index is -0.324. The highest BCUT2D eigenvalue weighted by Gasteiger charge is 2.54. The first kappa shape index (κ1) is 17.7. The van der Waals surface area contributed by atoms with Crippen molar-refractivity contribution >= 4 is 5.91 Å². The van der Waals surface area contributed by atoms with Gasteiger partial charge in [-0.25, -0.2) is 0 Å². The summed E-state index contributed by atoms with van der Waals surface area (Å²) in [4.78, 5) is 21.3. The molecule has 4 nitrogen and oxygen atoms in total. The summed E-state index contributed by atoms with van der Waals surface area (Å²) >= 11 is 0. The largest absolute Gasteiger partial charge is 0.355 e. The number of amides is 1. The third-order valence-electron chi connectivity index (χ3n) is 5.84. The van der Waals surface area contributed by atoms with E-state index in [0.29, 0.717) is 0 Å². The van der Waals surface area contributed by atoms with Crippen molar-refractivity contribution in [3.05, 3.63) is 48.3 Å². The lowest BCUT2D eigenvalue weighted by atomic mass is 9.53. The number of fused-ring (bicyclic) bond motifs is 2. The van der Waals surface area contributed by atoms with Gasteiger partial charge in [-0.3, -0.25) is 14.8 Å². The Bertz CT molecular complexity index is 928. The van der Waals surface area contributed by atoms with Crippen LogP contribution in [0, 0.1) is 28.1 Å². The van der Waals surface area contributed by atoms with E-state index in [-0.39, 0.29) is 22.2 Å². The second-order valence-corrected chi connectivity index (χ2v) is 9.04. The molecule has 3 unspecified atom stereocenters. The van der Waals surface area contributed by atoms with Crippen LogP contribution in [0.1, 0.15) is 45.6 Å². The van der Waals surface area contributed by atoms with Crippen LogP contribution in [0.4, 0.5) is 0 Å². The molecule has 138 valence electrons. The van der Waals surface area contributed by atoms with Gasteiger partial charge in [0.1, 0.15) is 0 Å². The van der Waals surface area contributed by atoms with Crippen LogP contribution in [0.2, 0.25) is 0 Å². The summed E-state index contributed by atoms with van der Waals surface area (Å²) < 4.78 is 0. The topological polar surface area (TPSA) is 54.9 Å². The maximum Gasteiger partial charge on any atom is 0.226 e. The van der Waals surface area contributed by atoms with E-state index < -0.39 is 0 Å². The number of carbonyl (C=O) groups excluding carboxylic acids is 1. The number of carbonyl (C=O) groups is 1. The van der Waals surface area contributed by atoms with E-state index in [0.717, 1.165) is 42.8 Å². The highest BCUT2D eigenvalue weighted by atomic mass is 16.2. The number of pyridine rings is 2. The Kier molecular flexibility index (Phi) is 4.07. The van der Waals surface area contributed by atoms with E-state index in [1.807, 2.05) is 30.3 Å². The molecule has 2 bridgehead atoms. The van der Waals surface area contributed by atoms with E-state index >= 15 is 0 Å². The van der Waals surface area contributed by atoms with E-state index in [1.54, 1.807) is 12.4 Å². The first-order chi connectivity index (χ1) is 12.8. The fraction of sp³-hybridized carbons (Fsp3) is 0.435. The molecule has 3 heterocycles. The lowest BCUT2D eigenvalue weighted by molar-refractivity contribution is -0.144. The molecule has 4 rings (SSSR count). The van der Waals surface area contributed by atoms with Gasteiger partial charge in [0.2, 0.25) is 5.91 Å². The van der Waals surface area contributed by atoms with Crippen LogP contribution in [0.25, 0.3) is 11.4 Å². The van der Waals surface area contributed by atoms with E-state index in [9.17, 15) is 4.79 Å². The number of piperidine rings is 1. The molecule has 2 fully saturated rings. The van der Waals surface area contributed by atoms with Gasteiger partial charge in [-0.1, -0.05) is 31.8 Å². The number of rotatable bonds is 1. The Morgan fingerprint density at radius 1 is 1.00 bits per heavy atom. The Hall–Kier alpha value is -2.67. The van der Waals surface area contributed by atoms with Crippen LogP contribution in [-0.2, 0) is 4.79 Å². The molecule has 2 aliphatic rings. The third-order valence-corrected chi connectivity index (χ3v) is 5.84. The number of nitrogens with zero attached hydrogens (tertiary/aromatic N) is 2. The molecule has 1 aliphatic carbocycles. The number of nitrogens with one attached hydrogen (secondary N) is 1. The number of aromatic nitrogens is 2. The summed E-state index contributed by atoms with van der Waals surface area (Å²) in [5.74, 6) is 6.97. The van der Waals surface area contributed by atoms with Crippen molar-refractivity contribution in [1.82, 2.24) is 15.3 Å². The molecule has 1 saturated carbocycles. The summed E-state index contributed by atoms with van der Waals surface area (Å²) in [5.41, 5.74) is 2.22. The molecule has 2 aromatic rings. The van der Waals surface area contributed by atoms with Crippen LogP contribution >= 0.6 is 0 Å². The molecule has 1 N–H and O–H groups in total. The zero-order chi connectivity index (χ0) is 19.1. The quantitative estimate of drug-likeness (QED) is 0.788. The lowest BCUT2D eigenvalue weighted by Crippen LogP contribution is -2.58. The first-order valence-electron chi connectivity index (χ1n) is 9.48. The molecule has 27 heavy (non-hydrogen) atoms. The lowest BCUT2D eigenvalue weighted by Gasteiger charge is -2.53. The Morgan fingerprint density at radius 3 is 2.52 bits per heavy atom. The zero-order valence-electron chi connectivity index (χ0n) is 16.2. The van der Waals surface area contributed by atoms with Crippen LogP contribution < -0.4 is 5.32 Å². The summed E-state index contributed by atoms with van der Waals surface area (Å²) in [6, 6.07) is 9.75. The minimum absolute atomic E-state index is 0.116. The van der Waals surface area contributed by atoms with Gasteiger partial charge in [-0.05, 0) is 55.9 Å². The Labute approximate surface area is 160 Å². The van der Waals surface area contributed by atoms with Crippen LogP contribution in [0.15, 0.2) is 42.7 Å². The summed E-state index contributed by atoms with van der Waals surface area (Å²) in [5, 5.41) is 3.10. The molecule has 0 radical (unpaired) electrons. The van der Waals surface area contributed by atoms with Gasteiger partial charge >= 0.3 is 0 Å². The van der Waals surface area contributed by atoms with Crippen molar-refractivity contribution in [2.24, 2.45) is 16.2 Å². The molecule has 2 aromatic heterocycles. The highest BCUT2D eigenvalue weighted by Crippen LogP contribution is 2.55. The second-order valence-electron chi connectivity index (χ2n) is 9.04. The predicted octanol–water partition coefficient (Wildman–Crippen LogP) is 3.83. The molecule has 1 saturated heterocycles. The summed E-state index contributed by atoms with van der Waals surface area (Å²) in [6.07, 6.45) is 6.32. The highest BCUT2D eigenvalue weighted by molar-refractivity contribution is 5.83. The maximum atomic E-state index is 12.4. The molecule has 0 spiro atoms. The van der Waals surface area contributed by atoms with Crippen molar-refractivity contribution < 1.29 is 4.79 Å². The first-order valence-corrected chi connectivity index (χ1v) is 9.48. The van der Waals surface area contributed by atoms with Gasteiger partial charge in [0.05, 0.1) is 11.4 Å². The average Bonchev–Trinajstić information content (AvgIpc) is 2.64. The minimum Gasteiger partial charge on any atom is -0.355 e. The molecule has 0 aromatic carbocycles. The smallest absolute Gasteiger partial charge is 0.226 e. The molecular formula is C23H25N3O. The van der Waals surface area contributed by atoms with E-state index in [1.165, 1.54) is 0 Å². The van der Waals surface area contributed by atoms with E-state index in [2.05, 4.69) is 47.9 Å². The molecule has 1 amide bonds. The van der Waals surface area contributed by atoms with Gasteiger partial charge < -0.3 is 5.32 Å². The predicted molar refractivity (Wildman–Crippen MR) is 106 cm³/mol. The second kappa shape index (κ2) is 6.20. The summed E-state index contributed by atoms with van der Waals surface area (Å²) in [7, 11) is 0. The van der Waals surface area contributed by atoms with Gasteiger partial charge in [-0.15, -0.1) is 0 Å². The average molecular weight is 359 g/mol. The SMILES string of the molecule is CC1(C#Cc2ccc(-c3ccccn3)nc2)CC2(C)CNC(=O)C(C)(C1)C2. The number of hydrogen-bond donors (Lipinski definition) is 1. The van der Waals surface area contributed by atoms with Crippen molar-refractivity contribution in [1.29, 1.82) is 0 Å². The molecule has 4 heteroatoms. The van der Waals surface area contributed by atoms with Gasteiger partial charge in [-0.2, -0.15) is 0 Å². The molecule has 3 atom stereocenters. The fourth-order valence-electron chi connectivity index (χ4n) is 5.17. The standard InChI is InChI=1S/C23H25N3O/c1-21(13-22(2)15-23(3,14-21)20(27)26-16-22)10-9-17-7-8-19(25-12-17)18-6-4-5-11-24-18/h4-8,11-12H,13-16H2,1-3H3,(H,26,27). The van der Waals surface area contributed by atoms with Crippen molar-refractivity contribution in [2.75, 3.05) is 6.54 Å². The van der Waals surface area contributed by atoms with Gasteiger partial charge in [0.15, 0.2) is 0 Å². The summed E-state index contributed by atoms with van der Waals surface area (Å²) in [6.45, 7) is 7.30. The maximum absolute atomic E-state index is 12.4. The van der Waals surface area contributed by atoms with Gasteiger partial charge in [0, 0.05) is 35.3 Å². The van der Waals surface area contributed by atoms with Gasteiger partial charge in [0.25, 0.3) is 0 Å². The Morgan fingerprint density at radius 2 is 1.81 bits per heavy atom. The monoisotopic (exact) mass is 359 g/mol. The normalized spacial score (nSPS) is 32.2. The fourth-order valence-corrected chi connectivity index (χ4v) is 5.17. The van der Waals surface area contributed by atoms with Crippen molar-refractivity contribution in [3.63, 3.8) is 0 Å². The zero-order valence-corrected chi connectivity index (χ0v) is 16.2. The van der Waals surface area contributed by atoms with Crippen LogP contribution in [0.3, 0.4) is 0 Å². The van der Waals surface area contributed by atoms with E-state index in [4.69, 9.17) is 0 Å².